The van der Waals surface area contributed by atoms with Gasteiger partial charge in [-0.2, -0.15) is 13.4 Å². The summed E-state index contributed by atoms with van der Waals surface area (Å²) >= 11 is 0. The Hall–Kier alpha value is -2.26. The predicted octanol–water partition coefficient (Wildman–Crippen LogP) is 3.18. The second-order valence-electron chi connectivity index (χ2n) is 4.31. The molecule has 22 heavy (non-hydrogen) atoms. The van der Waals surface area contributed by atoms with E-state index in [-0.39, 0.29) is 16.6 Å². The maximum atomic E-state index is 11.6. The summed E-state index contributed by atoms with van der Waals surface area (Å²) in [7, 11) is -4.43. The predicted molar refractivity (Wildman–Crippen MR) is 80.5 cm³/mol. The van der Waals surface area contributed by atoms with Crippen LogP contribution in [0.25, 0.3) is 0 Å². The molecule has 0 radical (unpaired) electrons. The Balaban J connectivity index is 2.46. The standard InChI is InChI=1S/C13H16N4O4S/c1-3-17(4-2)10-5-6-11(12(9-10)22(18,19)20)15-16-13-14-7-8-21-13/h5-9H,3-4H2,1-2H3,(H,18,19,20). The van der Waals surface area contributed by atoms with Gasteiger partial charge < -0.3 is 9.32 Å². The molecule has 0 aliphatic rings. The Morgan fingerprint density at radius 2 is 2.00 bits per heavy atom. The van der Waals surface area contributed by atoms with E-state index in [1.54, 1.807) is 6.07 Å². The van der Waals surface area contributed by atoms with Gasteiger partial charge >= 0.3 is 6.01 Å². The van der Waals surface area contributed by atoms with E-state index in [4.69, 9.17) is 4.42 Å². The van der Waals surface area contributed by atoms with Crippen LogP contribution in [-0.4, -0.2) is 31.0 Å². The highest BCUT2D eigenvalue weighted by atomic mass is 32.2. The molecule has 0 saturated heterocycles. The molecular formula is C13H16N4O4S. The van der Waals surface area contributed by atoms with Crippen LogP contribution in [0.15, 0.2) is 50.2 Å². The van der Waals surface area contributed by atoms with Crippen molar-refractivity contribution in [2.45, 2.75) is 18.7 Å². The van der Waals surface area contributed by atoms with Crippen molar-refractivity contribution in [3.8, 4) is 0 Å². The molecule has 0 aliphatic carbocycles. The number of hydrogen-bond acceptors (Lipinski definition) is 7. The van der Waals surface area contributed by atoms with E-state index >= 15 is 0 Å². The first-order chi connectivity index (χ1) is 10.5. The molecule has 9 heteroatoms. The van der Waals surface area contributed by atoms with Gasteiger partial charge in [-0.15, -0.1) is 5.11 Å². The summed E-state index contributed by atoms with van der Waals surface area (Å²) in [6.45, 7) is 5.32. The van der Waals surface area contributed by atoms with Crippen LogP contribution in [0, 0.1) is 0 Å². The van der Waals surface area contributed by atoms with Gasteiger partial charge in [0, 0.05) is 18.8 Å². The molecule has 0 bridgehead atoms. The smallest absolute Gasteiger partial charge is 0.340 e. The molecule has 1 N–H and O–H groups in total. The first-order valence-corrected chi connectivity index (χ1v) is 8.07. The number of hydrogen-bond donors (Lipinski definition) is 1. The molecule has 2 aromatic rings. The van der Waals surface area contributed by atoms with E-state index in [2.05, 4.69) is 15.2 Å². The molecule has 0 aliphatic heterocycles. The van der Waals surface area contributed by atoms with Crippen molar-refractivity contribution in [1.29, 1.82) is 0 Å². The van der Waals surface area contributed by atoms with Crippen LogP contribution in [0.1, 0.15) is 13.8 Å². The minimum absolute atomic E-state index is 0.00546. The Kier molecular flexibility index (Phi) is 4.88. The average Bonchev–Trinajstić information content (AvgIpc) is 2.99. The van der Waals surface area contributed by atoms with E-state index in [1.807, 2.05) is 18.7 Å². The van der Waals surface area contributed by atoms with Crippen molar-refractivity contribution in [2.24, 2.45) is 10.2 Å². The largest absolute Gasteiger partial charge is 0.430 e. The van der Waals surface area contributed by atoms with Crippen molar-refractivity contribution >= 4 is 27.5 Å². The average molecular weight is 324 g/mol. The fourth-order valence-electron chi connectivity index (χ4n) is 1.94. The van der Waals surface area contributed by atoms with Gasteiger partial charge in [-0.1, -0.05) is 5.11 Å². The molecule has 1 aromatic heterocycles. The van der Waals surface area contributed by atoms with Gasteiger partial charge in [0.15, 0.2) is 0 Å². The first kappa shape index (κ1) is 16.1. The molecule has 0 atom stereocenters. The molecule has 1 aromatic carbocycles. The zero-order valence-corrected chi connectivity index (χ0v) is 13.0. The third kappa shape index (κ3) is 3.68. The second-order valence-corrected chi connectivity index (χ2v) is 5.70. The van der Waals surface area contributed by atoms with Gasteiger partial charge in [0.2, 0.25) is 0 Å². The van der Waals surface area contributed by atoms with Gasteiger partial charge in [-0.3, -0.25) is 4.55 Å². The summed E-state index contributed by atoms with van der Waals surface area (Å²) in [5.74, 6) is 0. The molecule has 2 rings (SSSR count). The number of aromatic nitrogens is 1. The third-order valence-corrected chi connectivity index (χ3v) is 3.90. The lowest BCUT2D eigenvalue weighted by molar-refractivity contribution is 0.483. The summed E-state index contributed by atoms with van der Waals surface area (Å²) in [6, 6.07) is 4.55. The van der Waals surface area contributed by atoms with Gasteiger partial charge in [0.25, 0.3) is 10.1 Å². The van der Waals surface area contributed by atoms with E-state index in [1.165, 1.54) is 24.6 Å². The molecule has 0 amide bonds. The van der Waals surface area contributed by atoms with E-state index < -0.39 is 10.1 Å². The summed E-state index contributed by atoms with van der Waals surface area (Å²) in [5, 5.41) is 7.46. The fourth-order valence-corrected chi connectivity index (χ4v) is 2.58. The van der Waals surface area contributed by atoms with Crippen molar-refractivity contribution in [3.63, 3.8) is 0 Å². The highest BCUT2D eigenvalue weighted by Crippen LogP contribution is 2.30. The molecule has 0 unspecified atom stereocenters. The van der Waals surface area contributed by atoms with Crippen molar-refractivity contribution in [1.82, 2.24) is 4.98 Å². The molecule has 0 spiro atoms. The first-order valence-electron chi connectivity index (χ1n) is 6.63. The van der Waals surface area contributed by atoms with E-state index in [0.29, 0.717) is 18.8 Å². The van der Waals surface area contributed by atoms with Gasteiger partial charge in [-0.05, 0) is 32.0 Å². The van der Waals surface area contributed by atoms with Crippen LogP contribution < -0.4 is 4.90 Å². The number of azo groups is 1. The minimum atomic E-state index is -4.43. The Bertz CT molecular complexity index is 752. The quantitative estimate of drug-likeness (QED) is 0.645. The molecule has 0 fully saturated rings. The van der Waals surface area contributed by atoms with Crippen LogP contribution >= 0.6 is 0 Å². The molecule has 118 valence electrons. The SMILES string of the molecule is CCN(CC)c1ccc(N=Nc2ncco2)c(S(=O)(=O)O)c1. The maximum absolute atomic E-state index is 11.6. The monoisotopic (exact) mass is 324 g/mol. The van der Waals surface area contributed by atoms with Gasteiger partial charge in [0.1, 0.15) is 16.8 Å². The van der Waals surface area contributed by atoms with Crippen LogP contribution in [0.2, 0.25) is 0 Å². The topological polar surface area (TPSA) is 108 Å². The minimum Gasteiger partial charge on any atom is -0.430 e. The van der Waals surface area contributed by atoms with Crippen molar-refractivity contribution in [2.75, 3.05) is 18.0 Å². The van der Waals surface area contributed by atoms with E-state index in [9.17, 15) is 13.0 Å². The zero-order chi connectivity index (χ0) is 16.2. The van der Waals surface area contributed by atoms with Crippen molar-refractivity contribution < 1.29 is 17.4 Å². The van der Waals surface area contributed by atoms with Gasteiger partial charge in [0.05, 0.1) is 6.20 Å². The second kappa shape index (κ2) is 6.67. The number of benzene rings is 1. The maximum Gasteiger partial charge on any atom is 0.340 e. The van der Waals surface area contributed by atoms with Crippen LogP contribution in [0.5, 0.6) is 0 Å². The molecular weight excluding hydrogens is 308 g/mol. The Labute approximate surface area is 128 Å². The number of oxazole rings is 1. The lowest BCUT2D eigenvalue weighted by atomic mass is 10.2. The Morgan fingerprint density at radius 3 is 2.55 bits per heavy atom. The number of rotatable bonds is 6. The third-order valence-electron chi connectivity index (χ3n) is 3.01. The summed E-state index contributed by atoms with van der Waals surface area (Å²) < 4.78 is 37.4. The van der Waals surface area contributed by atoms with Crippen LogP contribution in [0.4, 0.5) is 17.4 Å². The van der Waals surface area contributed by atoms with Gasteiger partial charge in [-0.25, -0.2) is 0 Å². The zero-order valence-electron chi connectivity index (χ0n) is 12.2. The Morgan fingerprint density at radius 1 is 1.27 bits per heavy atom. The highest BCUT2D eigenvalue weighted by Gasteiger charge is 2.18. The van der Waals surface area contributed by atoms with Crippen LogP contribution in [0.3, 0.4) is 0 Å². The summed E-state index contributed by atoms with van der Waals surface area (Å²) in [4.78, 5) is 5.38. The molecule has 8 nitrogen and oxygen atoms in total. The molecule has 0 saturated carbocycles. The van der Waals surface area contributed by atoms with E-state index in [0.717, 1.165) is 0 Å². The summed E-state index contributed by atoms with van der Waals surface area (Å²) in [5.41, 5.74) is 0.685. The number of anilines is 1. The molecule has 1 heterocycles. The lowest BCUT2D eigenvalue weighted by Crippen LogP contribution is -2.22. The number of nitrogens with zero attached hydrogens (tertiary/aromatic N) is 4. The fraction of sp³-hybridized carbons (Fsp3) is 0.308. The van der Waals surface area contributed by atoms with Crippen molar-refractivity contribution in [3.05, 3.63) is 30.7 Å². The lowest BCUT2D eigenvalue weighted by Gasteiger charge is -2.21. The van der Waals surface area contributed by atoms with Crippen LogP contribution in [-0.2, 0) is 10.1 Å². The summed E-state index contributed by atoms with van der Waals surface area (Å²) in [6.07, 6.45) is 2.71. The normalized spacial score (nSPS) is 12.0. The highest BCUT2D eigenvalue weighted by molar-refractivity contribution is 7.86.